The summed E-state index contributed by atoms with van der Waals surface area (Å²) in [6.45, 7) is 18.3. The van der Waals surface area contributed by atoms with E-state index in [1.807, 2.05) is 66.7 Å². The van der Waals surface area contributed by atoms with E-state index in [2.05, 4.69) is 102 Å². The van der Waals surface area contributed by atoms with E-state index < -0.39 is 0 Å². The molecule has 1 aliphatic carbocycles. The molecule has 1 aliphatic rings. The molecule has 0 bridgehead atoms. The molecule has 6 rings (SSSR count). The third kappa shape index (κ3) is 22.6. The molecule has 0 aromatic heterocycles. The maximum atomic E-state index is 3.30. The predicted octanol–water partition coefficient (Wildman–Crippen LogP) is 12.8. The molecule has 0 nitrogen and oxygen atoms in total. The number of hydrogen-bond donors (Lipinski definition) is 0. The Morgan fingerprint density at radius 3 is 1.54 bits per heavy atom. The van der Waals surface area contributed by atoms with Crippen LogP contribution in [0.5, 0.6) is 0 Å². The summed E-state index contributed by atoms with van der Waals surface area (Å²) in [6.07, 6.45) is 5.83. The molecule has 260 valence electrons. The number of benzene rings is 2. The third-order valence-electron chi connectivity index (χ3n) is 6.68. The Morgan fingerprint density at radius 1 is 0.667 bits per heavy atom. The van der Waals surface area contributed by atoms with Crippen molar-refractivity contribution in [2.24, 2.45) is 0 Å². The van der Waals surface area contributed by atoms with E-state index >= 15 is 0 Å². The molecule has 0 aliphatic heterocycles. The van der Waals surface area contributed by atoms with E-state index in [1.54, 1.807) is 68.9 Å². The molecule has 8 heteroatoms. The Hall–Kier alpha value is -0.150. The van der Waals surface area contributed by atoms with E-state index in [9.17, 15) is 0 Å². The molecule has 0 amide bonds. The van der Waals surface area contributed by atoms with E-state index in [1.165, 1.54) is 47.9 Å². The van der Waals surface area contributed by atoms with Gasteiger partial charge in [-0.1, -0.05) is 88.8 Å². The van der Waals surface area contributed by atoms with Gasteiger partial charge in [0.05, 0.1) is 0 Å². The van der Waals surface area contributed by atoms with Gasteiger partial charge in [-0.3, -0.25) is 0 Å². The second-order valence-corrected chi connectivity index (χ2v) is 29.6. The zero-order chi connectivity index (χ0) is 32.7. The summed E-state index contributed by atoms with van der Waals surface area (Å²) in [6, 6.07) is 40.5. The summed E-state index contributed by atoms with van der Waals surface area (Å²) in [5.74, 6) is 0. The average molecular weight is 917 g/mol. The fourth-order valence-corrected chi connectivity index (χ4v) is 4.92. The van der Waals surface area contributed by atoms with Crippen LogP contribution in [0.4, 0.5) is 0 Å². The van der Waals surface area contributed by atoms with Crippen molar-refractivity contribution < 1.29 is 46.7 Å². The van der Waals surface area contributed by atoms with Gasteiger partial charge in [-0.2, -0.15) is 94.5 Å². The fraction of sp³-hybridized carbons (Fsp3) is 0.325. The van der Waals surface area contributed by atoms with Gasteiger partial charge in [0.25, 0.3) is 0 Å². The van der Waals surface area contributed by atoms with Crippen molar-refractivity contribution in [3.05, 3.63) is 149 Å². The number of aryl methyl sites for hydroxylation is 2. The molecule has 0 saturated carbocycles. The first-order chi connectivity index (χ1) is 21.2. The monoisotopic (exact) mass is 912 g/mol. The zero-order valence-electron chi connectivity index (χ0n) is 30.1. The van der Waals surface area contributed by atoms with Crippen LogP contribution in [0, 0.1) is 6.07 Å². The maximum Gasteiger partial charge on any atom is -0.0253 e. The predicted molar refractivity (Wildman–Crippen MR) is 221 cm³/mol. The van der Waals surface area contributed by atoms with Crippen LogP contribution < -0.4 is 0 Å². The standard InChI is InChI=1S/C13H9.C13H21.2C5H5.2C2H6Si.4ClH.2Zr/c1-3-7-12-10(5-1)9-11-6-2-4-8-13(11)12;1-5-10-9-11(6-2)13(8-4)12(10)7-3;2*1-2-4-5-3-1;2*1-3-2;;;;;;/h1-5,7-8H,9H2;9H,5-8H2,1-4H3;2*1-5H;2*1-2H3;4*1H;;/q4*-1;;;;;;;2*+2. The second-order valence-electron chi connectivity index (χ2n) is 10.9. The third-order valence-corrected chi connectivity index (χ3v) is 6.68. The Morgan fingerprint density at radius 2 is 1.15 bits per heavy atom. The normalized spacial score (nSPS) is 9.08. The quantitative estimate of drug-likeness (QED) is 0.122. The summed E-state index contributed by atoms with van der Waals surface area (Å²) in [5, 5.41) is 0. The molecular formula is C40H56Cl4Si2Zr2. The van der Waals surface area contributed by atoms with E-state index in [0.717, 1.165) is 6.42 Å². The van der Waals surface area contributed by atoms with Gasteiger partial charge in [-0.15, -0.1) is 55.2 Å². The molecule has 0 radical (unpaired) electrons. The SMILES string of the molecule is CCc1c[c-](CC)c(CC)c1CC.C[Si](C)=[Zr+2].C[Si](C)=[Zr+2].Cl.Cl.Cl.Cl.[c-]1cccc2c1Cc1ccccc1-2.c1cc[cH-]c1.c1cc[cH-]c1. The molecule has 0 N–H and O–H groups in total. The van der Waals surface area contributed by atoms with Crippen LogP contribution in [0.25, 0.3) is 11.1 Å². The van der Waals surface area contributed by atoms with Crippen molar-refractivity contribution >= 4 is 60.5 Å². The average Bonchev–Trinajstić information content (AvgIpc) is 3.84. The van der Waals surface area contributed by atoms with Gasteiger partial charge in [-0.05, 0) is 6.42 Å². The number of halogens is 4. The fourth-order valence-electron chi connectivity index (χ4n) is 4.92. The molecule has 48 heavy (non-hydrogen) atoms. The van der Waals surface area contributed by atoms with Crippen molar-refractivity contribution in [2.75, 3.05) is 0 Å². The largest absolute Gasteiger partial charge is 0.214 e. The number of hydrogen-bond acceptors (Lipinski definition) is 0. The summed E-state index contributed by atoms with van der Waals surface area (Å²) in [4.78, 5) is 0. The molecule has 0 spiro atoms. The Labute approximate surface area is 349 Å². The number of fused-ring (bicyclic) bond motifs is 3. The van der Waals surface area contributed by atoms with Crippen molar-refractivity contribution in [2.45, 2.75) is 86.0 Å². The van der Waals surface area contributed by atoms with Gasteiger partial charge in [0.15, 0.2) is 0 Å². The Kier molecular flexibility index (Phi) is 38.6. The minimum absolute atomic E-state index is 0. The van der Waals surface area contributed by atoms with Crippen molar-refractivity contribution in [1.29, 1.82) is 0 Å². The summed E-state index contributed by atoms with van der Waals surface area (Å²) in [5.41, 5.74) is 12.3. The van der Waals surface area contributed by atoms with Crippen LogP contribution >= 0.6 is 49.6 Å². The van der Waals surface area contributed by atoms with Gasteiger partial charge >= 0.3 is 83.7 Å². The van der Waals surface area contributed by atoms with Gasteiger partial charge in [0.2, 0.25) is 0 Å². The van der Waals surface area contributed by atoms with E-state index in [0.29, 0.717) is 0 Å². The molecule has 0 atom stereocenters. The second kappa shape index (κ2) is 34.0. The molecular weight excluding hydrogens is 861 g/mol. The molecule has 0 heterocycles. The first-order valence-corrected chi connectivity index (χ1v) is 28.3. The molecule has 5 aromatic carbocycles. The molecule has 5 aromatic rings. The van der Waals surface area contributed by atoms with Gasteiger partial charge in [0.1, 0.15) is 0 Å². The molecule has 0 unspecified atom stereocenters. The molecule has 0 fully saturated rings. The minimum Gasteiger partial charge on any atom is -0.214 e. The van der Waals surface area contributed by atoms with E-state index in [-0.39, 0.29) is 60.5 Å². The van der Waals surface area contributed by atoms with Crippen LogP contribution in [0.15, 0.2) is 109 Å². The van der Waals surface area contributed by atoms with Crippen molar-refractivity contribution in [3.8, 4) is 11.1 Å². The first-order valence-electron chi connectivity index (χ1n) is 15.9. The van der Waals surface area contributed by atoms with Gasteiger partial charge in [0, 0.05) is 0 Å². The smallest absolute Gasteiger partial charge is 0.0253 e. The van der Waals surface area contributed by atoms with Crippen LogP contribution in [0.3, 0.4) is 0 Å². The van der Waals surface area contributed by atoms with Gasteiger partial charge in [-0.25, -0.2) is 24.3 Å². The summed E-state index contributed by atoms with van der Waals surface area (Å²) in [7, 11) is 0. The Balaban J connectivity index is -0.000000257. The van der Waals surface area contributed by atoms with Crippen LogP contribution in [0.1, 0.15) is 61.1 Å². The van der Waals surface area contributed by atoms with Crippen molar-refractivity contribution in [1.82, 2.24) is 0 Å². The number of rotatable bonds is 4. The molecule has 0 saturated heterocycles. The zero-order valence-corrected chi connectivity index (χ0v) is 40.2. The van der Waals surface area contributed by atoms with Crippen LogP contribution in [0.2, 0.25) is 26.2 Å². The van der Waals surface area contributed by atoms with E-state index in [4.69, 9.17) is 0 Å². The summed E-state index contributed by atoms with van der Waals surface area (Å²) < 4.78 is 0. The van der Waals surface area contributed by atoms with Crippen LogP contribution in [-0.2, 0) is 78.8 Å². The maximum absolute atomic E-state index is 3.30. The summed E-state index contributed by atoms with van der Waals surface area (Å²) >= 11 is 3.48. The van der Waals surface area contributed by atoms with Crippen molar-refractivity contribution in [3.63, 3.8) is 0 Å². The van der Waals surface area contributed by atoms with Crippen LogP contribution in [-0.4, -0.2) is 10.9 Å². The topological polar surface area (TPSA) is 0 Å². The first kappa shape index (κ1) is 54.6. The van der Waals surface area contributed by atoms with Gasteiger partial charge < -0.3 is 0 Å². The Bertz CT molecular complexity index is 1310. The minimum atomic E-state index is 0.